The summed E-state index contributed by atoms with van der Waals surface area (Å²) < 4.78 is 1.07. The number of halogens is 1. The first-order chi connectivity index (χ1) is 9.15. The zero-order chi connectivity index (χ0) is 13.4. The molecule has 1 aromatic carbocycles. The molecule has 2 atom stereocenters. The summed E-state index contributed by atoms with van der Waals surface area (Å²) in [4.78, 5) is 2.60. The van der Waals surface area contributed by atoms with Crippen molar-refractivity contribution >= 4 is 15.9 Å². The van der Waals surface area contributed by atoms with Crippen LogP contribution in [0.3, 0.4) is 0 Å². The van der Waals surface area contributed by atoms with Crippen LogP contribution in [0.15, 0.2) is 16.6 Å². The average molecular weight is 324 g/mol. The molecule has 0 radical (unpaired) electrons. The summed E-state index contributed by atoms with van der Waals surface area (Å²) >= 11 is 3.54. The lowest BCUT2D eigenvalue weighted by molar-refractivity contribution is 0.105. The molecule has 1 saturated carbocycles. The van der Waals surface area contributed by atoms with Crippen LogP contribution in [-0.2, 0) is 6.54 Å². The molecule has 2 unspecified atom stereocenters. The molecule has 104 valence electrons. The summed E-state index contributed by atoms with van der Waals surface area (Å²) in [5, 5.41) is 10.2. The number of phenolic OH excluding ortho intramolecular Hbond substituents is 1. The van der Waals surface area contributed by atoms with Crippen LogP contribution in [0.5, 0.6) is 5.75 Å². The molecule has 0 aromatic heterocycles. The van der Waals surface area contributed by atoms with Gasteiger partial charge in [-0.25, -0.2) is 0 Å². The van der Waals surface area contributed by atoms with Crippen molar-refractivity contribution in [1.82, 2.24) is 4.90 Å². The normalized spacial score (nSPS) is 27.5. The maximum atomic E-state index is 10.2. The van der Waals surface area contributed by atoms with Crippen LogP contribution in [0, 0.1) is 12.8 Å². The first kappa shape index (κ1) is 13.4. The smallest absolute Gasteiger partial charge is 0.123 e. The third kappa shape index (κ3) is 2.68. The van der Waals surface area contributed by atoms with E-state index < -0.39 is 0 Å². The van der Waals surface area contributed by atoms with E-state index in [0.29, 0.717) is 5.75 Å². The molecule has 3 rings (SSSR count). The highest BCUT2D eigenvalue weighted by Crippen LogP contribution is 2.38. The number of hydrogen-bond donors (Lipinski definition) is 1. The molecule has 1 heterocycles. The Morgan fingerprint density at radius 1 is 1.26 bits per heavy atom. The lowest BCUT2D eigenvalue weighted by Gasteiger charge is -2.38. The number of fused-ring (bicyclic) bond motifs is 1. The third-order valence-electron chi connectivity index (χ3n) is 4.83. The second-order valence-electron chi connectivity index (χ2n) is 6.10. The summed E-state index contributed by atoms with van der Waals surface area (Å²) in [6, 6.07) is 4.81. The number of rotatable bonds is 2. The summed E-state index contributed by atoms with van der Waals surface area (Å²) in [6.45, 7) is 4.05. The number of aromatic hydroxyl groups is 1. The molecule has 2 aliphatic rings. The zero-order valence-corrected chi connectivity index (χ0v) is 13.1. The van der Waals surface area contributed by atoms with Gasteiger partial charge in [0.2, 0.25) is 0 Å². The minimum atomic E-state index is 0.475. The Labute approximate surface area is 123 Å². The van der Waals surface area contributed by atoms with Crippen LogP contribution in [-0.4, -0.2) is 22.6 Å². The number of piperidine rings is 1. The van der Waals surface area contributed by atoms with Crippen molar-refractivity contribution in [2.24, 2.45) is 5.92 Å². The molecule has 3 heteroatoms. The number of likely N-dealkylation sites (tertiary alicyclic amines) is 1. The Morgan fingerprint density at radius 2 is 2.05 bits per heavy atom. The Hall–Kier alpha value is -0.540. The van der Waals surface area contributed by atoms with E-state index in [1.807, 2.05) is 13.0 Å². The second-order valence-corrected chi connectivity index (χ2v) is 7.02. The van der Waals surface area contributed by atoms with Crippen molar-refractivity contribution in [3.63, 3.8) is 0 Å². The molecular formula is C16H22BrNO. The summed E-state index contributed by atoms with van der Waals surface area (Å²) in [5.41, 5.74) is 2.03. The first-order valence-electron chi connectivity index (χ1n) is 7.37. The predicted octanol–water partition coefficient (Wildman–Crippen LogP) is 4.23. The van der Waals surface area contributed by atoms with Gasteiger partial charge in [-0.05, 0) is 62.8 Å². The molecule has 1 saturated heterocycles. The van der Waals surface area contributed by atoms with Crippen LogP contribution in [0.1, 0.15) is 43.2 Å². The van der Waals surface area contributed by atoms with E-state index in [-0.39, 0.29) is 0 Å². The predicted molar refractivity (Wildman–Crippen MR) is 81.3 cm³/mol. The van der Waals surface area contributed by atoms with E-state index in [2.05, 4.69) is 26.9 Å². The molecule has 0 spiro atoms. The molecule has 1 aliphatic carbocycles. The van der Waals surface area contributed by atoms with Gasteiger partial charge in [0, 0.05) is 22.6 Å². The molecular weight excluding hydrogens is 302 g/mol. The Morgan fingerprint density at radius 3 is 2.89 bits per heavy atom. The van der Waals surface area contributed by atoms with Gasteiger partial charge >= 0.3 is 0 Å². The highest BCUT2D eigenvalue weighted by molar-refractivity contribution is 9.10. The standard InChI is InChI=1S/C16H22BrNO/c1-11-8-14(17)9-13(16(11)19)10-18-7-3-5-12-4-2-6-15(12)18/h8-9,12,15,19H,2-7,10H2,1H3. The largest absolute Gasteiger partial charge is 0.507 e. The molecule has 1 aliphatic heterocycles. The Kier molecular flexibility index (Phi) is 3.86. The average Bonchev–Trinajstić information content (AvgIpc) is 2.84. The molecule has 1 N–H and O–H groups in total. The maximum Gasteiger partial charge on any atom is 0.123 e. The van der Waals surface area contributed by atoms with Crippen molar-refractivity contribution in [3.8, 4) is 5.75 Å². The number of hydrogen-bond acceptors (Lipinski definition) is 2. The van der Waals surface area contributed by atoms with Crippen LogP contribution in [0.25, 0.3) is 0 Å². The van der Waals surface area contributed by atoms with Gasteiger partial charge in [0.05, 0.1) is 0 Å². The molecule has 1 aromatic rings. The van der Waals surface area contributed by atoms with E-state index in [0.717, 1.165) is 34.1 Å². The number of phenols is 1. The molecule has 2 nitrogen and oxygen atoms in total. The SMILES string of the molecule is Cc1cc(Br)cc(CN2CCCC3CCCC32)c1O. The highest BCUT2D eigenvalue weighted by atomic mass is 79.9. The van der Waals surface area contributed by atoms with Gasteiger partial charge in [-0.2, -0.15) is 0 Å². The summed E-state index contributed by atoms with van der Waals surface area (Å²) in [6.07, 6.45) is 6.86. The first-order valence-corrected chi connectivity index (χ1v) is 8.16. The number of benzene rings is 1. The van der Waals surface area contributed by atoms with Gasteiger partial charge in [-0.15, -0.1) is 0 Å². The van der Waals surface area contributed by atoms with Crippen molar-refractivity contribution in [1.29, 1.82) is 0 Å². The van der Waals surface area contributed by atoms with Crippen LogP contribution >= 0.6 is 15.9 Å². The van der Waals surface area contributed by atoms with Gasteiger partial charge < -0.3 is 5.11 Å². The van der Waals surface area contributed by atoms with E-state index in [9.17, 15) is 5.11 Å². The second kappa shape index (κ2) is 5.45. The molecule has 19 heavy (non-hydrogen) atoms. The van der Waals surface area contributed by atoms with Gasteiger partial charge in [0.1, 0.15) is 5.75 Å². The van der Waals surface area contributed by atoms with Gasteiger partial charge in [-0.3, -0.25) is 4.90 Å². The zero-order valence-electron chi connectivity index (χ0n) is 11.5. The molecule has 0 bridgehead atoms. The lowest BCUT2D eigenvalue weighted by Crippen LogP contribution is -2.41. The Bertz CT molecular complexity index is 474. The highest BCUT2D eigenvalue weighted by Gasteiger charge is 2.35. The van der Waals surface area contributed by atoms with Crippen molar-refractivity contribution < 1.29 is 5.11 Å². The van der Waals surface area contributed by atoms with Gasteiger partial charge in [0.25, 0.3) is 0 Å². The summed E-state index contributed by atoms with van der Waals surface area (Å²) in [7, 11) is 0. The van der Waals surface area contributed by atoms with Crippen molar-refractivity contribution in [2.45, 2.75) is 51.6 Å². The van der Waals surface area contributed by atoms with Gasteiger partial charge in [-0.1, -0.05) is 22.4 Å². The van der Waals surface area contributed by atoms with E-state index in [1.165, 1.54) is 38.6 Å². The monoisotopic (exact) mass is 323 g/mol. The van der Waals surface area contributed by atoms with Crippen LogP contribution < -0.4 is 0 Å². The van der Waals surface area contributed by atoms with Crippen molar-refractivity contribution in [2.75, 3.05) is 6.54 Å². The quantitative estimate of drug-likeness (QED) is 0.880. The third-order valence-corrected chi connectivity index (χ3v) is 5.28. The number of nitrogens with zero attached hydrogens (tertiary/aromatic N) is 1. The topological polar surface area (TPSA) is 23.5 Å². The minimum Gasteiger partial charge on any atom is -0.507 e. The fourth-order valence-corrected chi connectivity index (χ4v) is 4.52. The maximum absolute atomic E-state index is 10.2. The van der Waals surface area contributed by atoms with Gasteiger partial charge in [0.15, 0.2) is 0 Å². The van der Waals surface area contributed by atoms with Crippen molar-refractivity contribution in [3.05, 3.63) is 27.7 Å². The number of aryl methyl sites for hydroxylation is 1. The fraction of sp³-hybridized carbons (Fsp3) is 0.625. The lowest BCUT2D eigenvalue weighted by atomic mass is 9.91. The molecule has 0 amide bonds. The fourth-order valence-electron chi connectivity index (χ4n) is 3.90. The van der Waals surface area contributed by atoms with E-state index >= 15 is 0 Å². The summed E-state index contributed by atoms with van der Waals surface area (Å²) in [5.74, 6) is 1.38. The molecule has 2 fully saturated rings. The van der Waals surface area contributed by atoms with Crippen LogP contribution in [0.4, 0.5) is 0 Å². The Balaban J connectivity index is 1.81. The van der Waals surface area contributed by atoms with Crippen LogP contribution in [0.2, 0.25) is 0 Å². The minimum absolute atomic E-state index is 0.475. The van der Waals surface area contributed by atoms with E-state index in [1.54, 1.807) is 0 Å². The van der Waals surface area contributed by atoms with E-state index in [4.69, 9.17) is 0 Å².